The average Bonchev–Trinajstić information content (AvgIpc) is 2.51. The molecular weight excluding hydrogens is 354 g/mol. The van der Waals surface area contributed by atoms with E-state index in [1.807, 2.05) is 0 Å². The lowest BCUT2D eigenvalue weighted by molar-refractivity contribution is -0.114. The Morgan fingerprint density at radius 2 is 1.70 bits per heavy atom. The second-order valence-corrected chi connectivity index (χ2v) is 6.56. The predicted octanol–water partition coefficient (Wildman–Crippen LogP) is 4.66. The smallest absolute Gasteiger partial charge is 0.221 e. The Morgan fingerprint density at radius 3 is 2.13 bits per heavy atom. The quantitative estimate of drug-likeness (QED) is 0.708. The van der Waals surface area contributed by atoms with Crippen molar-refractivity contribution >= 4 is 33.2 Å². The molecule has 0 radical (unpaired) electrons. The molecule has 0 fully saturated rings. The van der Waals surface area contributed by atoms with Crippen LogP contribution in [0.3, 0.4) is 0 Å². The second-order valence-electron chi connectivity index (χ2n) is 5.64. The zero-order valence-electron chi connectivity index (χ0n) is 15.2. The molecule has 1 unspecified atom stereocenters. The lowest BCUT2D eigenvalue weighted by Crippen LogP contribution is -2.29. The number of hydrogen-bond donors (Lipinski definition) is 1. The third-order valence-electron chi connectivity index (χ3n) is 4.33. The van der Waals surface area contributed by atoms with E-state index in [0.29, 0.717) is 0 Å². The summed E-state index contributed by atoms with van der Waals surface area (Å²) in [4.78, 5) is 16.4. The maximum atomic E-state index is 11.8. The number of nitrogens with zero attached hydrogens (tertiary/aromatic N) is 2. The standard InChI is InChI=1S/C18H30BrN3O/c1-7-21(8-2)13(5)16-11-15(19)12-17(22(9-3)10-4)18(16)20-14(6)23/h11-13H,7-10H2,1-6H3,(H,20,23). The van der Waals surface area contributed by atoms with E-state index in [9.17, 15) is 4.79 Å². The zero-order chi connectivity index (χ0) is 17.6. The van der Waals surface area contributed by atoms with Crippen LogP contribution in [0.1, 0.15) is 53.1 Å². The van der Waals surface area contributed by atoms with Crippen LogP contribution < -0.4 is 10.2 Å². The minimum Gasteiger partial charge on any atom is -0.370 e. The number of carbonyl (C=O) groups excluding carboxylic acids is 1. The van der Waals surface area contributed by atoms with Crippen molar-refractivity contribution in [2.24, 2.45) is 0 Å². The van der Waals surface area contributed by atoms with Gasteiger partial charge in [-0.15, -0.1) is 0 Å². The molecule has 1 aromatic carbocycles. The van der Waals surface area contributed by atoms with E-state index in [-0.39, 0.29) is 11.9 Å². The molecule has 1 N–H and O–H groups in total. The van der Waals surface area contributed by atoms with Crippen molar-refractivity contribution < 1.29 is 4.79 Å². The second kappa shape index (κ2) is 9.28. The lowest BCUT2D eigenvalue weighted by Gasteiger charge is -2.32. The molecule has 0 aromatic heterocycles. The van der Waals surface area contributed by atoms with Crippen molar-refractivity contribution in [3.05, 3.63) is 22.2 Å². The number of nitrogens with one attached hydrogen (secondary N) is 1. The molecule has 4 nitrogen and oxygen atoms in total. The zero-order valence-corrected chi connectivity index (χ0v) is 16.8. The Bertz CT molecular complexity index is 525. The average molecular weight is 384 g/mol. The molecule has 0 aliphatic rings. The number of carbonyl (C=O) groups is 1. The molecule has 1 aromatic rings. The molecule has 1 rings (SSSR count). The summed E-state index contributed by atoms with van der Waals surface area (Å²) in [6.45, 7) is 16.1. The molecule has 1 atom stereocenters. The summed E-state index contributed by atoms with van der Waals surface area (Å²) < 4.78 is 1.04. The van der Waals surface area contributed by atoms with Crippen molar-refractivity contribution in [3.63, 3.8) is 0 Å². The Morgan fingerprint density at radius 1 is 1.13 bits per heavy atom. The summed E-state index contributed by atoms with van der Waals surface area (Å²) in [5, 5.41) is 3.07. The van der Waals surface area contributed by atoms with Crippen molar-refractivity contribution in [3.8, 4) is 0 Å². The fraction of sp³-hybridized carbons (Fsp3) is 0.611. The van der Waals surface area contributed by atoms with E-state index in [4.69, 9.17) is 0 Å². The van der Waals surface area contributed by atoms with Crippen molar-refractivity contribution in [2.75, 3.05) is 36.4 Å². The third kappa shape index (κ3) is 4.95. The van der Waals surface area contributed by atoms with Gasteiger partial charge in [-0.1, -0.05) is 29.8 Å². The molecule has 0 saturated carbocycles. The van der Waals surface area contributed by atoms with Crippen LogP contribution in [0, 0.1) is 0 Å². The Balaban J connectivity index is 3.50. The van der Waals surface area contributed by atoms with Gasteiger partial charge in [0.25, 0.3) is 0 Å². The molecule has 1 amide bonds. The minimum absolute atomic E-state index is 0.0336. The van der Waals surface area contributed by atoms with Gasteiger partial charge in [-0.25, -0.2) is 0 Å². The van der Waals surface area contributed by atoms with Crippen LogP contribution in [0.5, 0.6) is 0 Å². The van der Waals surface area contributed by atoms with E-state index in [1.54, 1.807) is 6.92 Å². The molecule has 5 heteroatoms. The van der Waals surface area contributed by atoms with Crippen LogP contribution >= 0.6 is 15.9 Å². The lowest BCUT2D eigenvalue weighted by atomic mass is 10.0. The highest BCUT2D eigenvalue weighted by Crippen LogP contribution is 2.38. The molecule has 0 aliphatic carbocycles. The van der Waals surface area contributed by atoms with Crippen LogP contribution in [0.25, 0.3) is 0 Å². The van der Waals surface area contributed by atoms with Gasteiger partial charge in [0.1, 0.15) is 0 Å². The van der Waals surface area contributed by atoms with Crippen molar-refractivity contribution in [1.29, 1.82) is 0 Å². The van der Waals surface area contributed by atoms with Crippen molar-refractivity contribution in [1.82, 2.24) is 4.90 Å². The maximum Gasteiger partial charge on any atom is 0.221 e. The Kier molecular flexibility index (Phi) is 8.06. The van der Waals surface area contributed by atoms with E-state index in [0.717, 1.165) is 47.6 Å². The van der Waals surface area contributed by atoms with E-state index in [2.05, 4.69) is 77.8 Å². The van der Waals surface area contributed by atoms with Crippen LogP contribution in [0.2, 0.25) is 0 Å². The van der Waals surface area contributed by atoms with Gasteiger partial charge in [0.15, 0.2) is 0 Å². The number of hydrogen-bond acceptors (Lipinski definition) is 3. The first-order valence-corrected chi connectivity index (χ1v) is 9.28. The first kappa shape index (κ1) is 20.0. The minimum atomic E-state index is -0.0336. The highest BCUT2D eigenvalue weighted by Gasteiger charge is 2.22. The highest BCUT2D eigenvalue weighted by molar-refractivity contribution is 9.10. The molecule has 0 saturated heterocycles. The Labute approximate surface area is 149 Å². The van der Waals surface area contributed by atoms with Gasteiger partial charge in [-0.3, -0.25) is 9.69 Å². The van der Waals surface area contributed by atoms with Crippen LogP contribution in [-0.4, -0.2) is 37.0 Å². The topological polar surface area (TPSA) is 35.6 Å². The third-order valence-corrected chi connectivity index (χ3v) is 4.79. The first-order valence-electron chi connectivity index (χ1n) is 8.49. The molecule has 130 valence electrons. The summed E-state index contributed by atoms with van der Waals surface area (Å²) in [5.74, 6) is -0.0336. The number of halogens is 1. The van der Waals surface area contributed by atoms with Gasteiger partial charge < -0.3 is 10.2 Å². The molecule has 0 aliphatic heterocycles. The van der Waals surface area contributed by atoms with Crippen LogP contribution in [0.4, 0.5) is 11.4 Å². The summed E-state index contributed by atoms with van der Waals surface area (Å²) in [6.07, 6.45) is 0. The monoisotopic (exact) mass is 383 g/mol. The summed E-state index contributed by atoms with van der Waals surface area (Å²) in [6, 6.07) is 4.46. The van der Waals surface area contributed by atoms with Gasteiger partial charge >= 0.3 is 0 Å². The van der Waals surface area contributed by atoms with Gasteiger partial charge in [0, 0.05) is 30.5 Å². The van der Waals surface area contributed by atoms with Gasteiger partial charge in [0.2, 0.25) is 5.91 Å². The normalized spacial score (nSPS) is 12.3. The molecule has 0 spiro atoms. The number of rotatable bonds is 8. The molecular formula is C18H30BrN3O. The van der Waals surface area contributed by atoms with Crippen LogP contribution in [-0.2, 0) is 4.79 Å². The SMILES string of the molecule is CCN(CC)c1cc(Br)cc(C(C)N(CC)CC)c1NC(C)=O. The van der Waals surface area contributed by atoms with Gasteiger partial charge in [0.05, 0.1) is 11.4 Å². The first-order chi connectivity index (χ1) is 10.9. The van der Waals surface area contributed by atoms with E-state index < -0.39 is 0 Å². The summed E-state index contributed by atoms with van der Waals surface area (Å²) >= 11 is 3.64. The van der Waals surface area contributed by atoms with Gasteiger partial charge in [-0.05, 0) is 51.6 Å². The van der Waals surface area contributed by atoms with Gasteiger partial charge in [-0.2, -0.15) is 0 Å². The fourth-order valence-electron chi connectivity index (χ4n) is 3.04. The predicted molar refractivity (Wildman–Crippen MR) is 103 cm³/mol. The van der Waals surface area contributed by atoms with E-state index in [1.165, 1.54) is 0 Å². The number of benzene rings is 1. The van der Waals surface area contributed by atoms with Crippen LogP contribution in [0.15, 0.2) is 16.6 Å². The van der Waals surface area contributed by atoms with E-state index >= 15 is 0 Å². The summed E-state index contributed by atoms with van der Waals surface area (Å²) in [5.41, 5.74) is 3.16. The molecule has 0 bridgehead atoms. The Hall–Kier alpha value is -1.07. The number of anilines is 2. The highest BCUT2D eigenvalue weighted by atomic mass is 79.9. The maximum absolute atomic E-state index is 11.8. The molecule has 23 heavy (non-hydrogen) atoms. The largest absolute Gasteiger partial charge is 0.370 e. The number of amides is 1. The fourth-order valence-corrected chi connectivity index (χ4v) is 3.50. The molecule has 0 heterocycles. The summed E-state index contributed by atoms with van der Waals surface area (Å²) in [7, 11) is 0. The van der Waals surface area contributed by atoms with Crippen molar-refractivity contribution in [2.45, 2.75) is 47.6 Å².